The fraction of sp³-hybridized carbons (Fsp3) is 0.357. The van der Waals surface area contributed by atoms with Crippen molar-refractivity contribution in [3.05, 3.63) is 29.8 Å². The van der Waals surface area contributed by atoms with Crippen LogP contribution in [-0.4, -0.2) is 48.7 Å². The molecule has 1 aliphatic heterocycles. The maximum Gasteiger partial charge on any atom is 0.243 e. The Morgan fingerprint density at radius 1 is 1.35 bits per heavy atom. The Labute approximate surface area is 116 Å². The van der Waals surface area contributed by atoms with E-state index in [1.54, 1.807) is 43.2 Å². The Morgan fingerprint density at radius 2 is 2.00 bits per heavy atom. The van der Waals surface area contributed by atoms with Crippen LogP contribution in [0, 0.1) is 0 Å². The number of Topliss-reactive ketones (excluding diaryl/α,β-unsaturated/α-hetero) is 1. The Morgan fingerprint density at radius 3 is 2.60 bits per heavy atom. The number of carbonyl (C=O) groups is 3. The first kappa shape index (κ1) is 14.2. The first-order chi connectivity index (χ1) is 9.51. The number of nitrogens with zero attached hydrogens (tertiary/aromatic N) is 1. The number of nitrogens with one attached hydrogen (secondary N) is 1. The monoisotopic (exact) mass is 276 g/mol. The number of methoxy groups -OCH3 is 1. The summed E-state index contributed by atoms with van der Waals surface area (Å²) in [5.74, 6) is -0.219. The van der Waals surface area contributed by atoms with E-state index in [9.17, 15) is 14.4 Å². The van der Waals surface area contributed by atoms with Crippen molar-refractivity contribution in [1.82, 2.24) is 10.2 Å². The highest BCUT2D eigenvalue weighted by Crippen LogP contribution is 2.13. The molecule has 0 saturated carbocycles. The number of hydrogen-bond donors (Lipinski definition) is 1. The minimum Gasteiger partial charge on any atom is -0.497 e. The highest BCUT2D eigenvalue weighted by atomic mass is 16.5. The zero-order valence-electron chi connectivity index (χ0n) is 11.4. The molecule has 1 aromatic rings. The van der Waals surface area contributed by atoms with Crippen LogP contribution in [0.25, 0.3) is 0 Å². The van der Waals surface area contributed by atoms with Gasteiger partial charge in [-0.25, -0.2) is 0 Å². The lowest BCUT2D eigenvalue weighted by atomic mass is 10.1. The molecular formula is C14H16N2O4. The second-order valence-electron chi connectivity index (χ2n) is 4.65. The fourth-order valence-corrected chi connectivity index (χ4v) is 2.01. The number of rotatable bonds is 4. The van der Waals surface area contributed by atoms with Gasteiger partial charge in [-0.2, -0.15) is 0 Å². The lowest BCUT2D eigenvalue weighted by Gasteiger charge is -2.30. The summed E-state index contributed by atoms with van der Waals surface area (Å²) in [5, 5.41) is 2.24. The lowest BCUT2D eigenvalue weighted by Crippen LogP contribution is -2.57. The summed E-state index contributed by atoms with van der Waals surface area (Å²) < 4.78 is 5.02. The molecule has 1 aromatic carbocycles. The minimum absolute atomic E-state index is 0.0344. The summed E-state index contributed by atoms with van der Waals surface area (Å²) in [6, 6.07) is 6.24. The molecule has 1 fully saturated rings. The van der Waals surface area contributed by atoms with Crippen LogP contribution in [0.2, 0.25) is 0 Å². The van der Waals surface area contributed by atoms with E-state index in [-0.39, 0.29) is 30.7 Å². The van der Waals surface area contributed by atoms with Gasteiger partial charge in [0.1, 0.15) is 5.75 Å². The maximum absolute atomic E-state index is 12.1. The van der Waals surface area contributed by atoms with Gasteiger partial charge in [0, 0.05) is 5.56 Å². The summed E-state index contributed by atoms with van der Waals surface area (Å²) in [6.45, 7) is 1.75. The summed E-state index contributed by atoms with van der Waals surface area (Å²) in [7, 11) is 1.55. The second-order valence-corrected chi connectivity index (χ2v) is 4.65. The Hall–Kier alpha value is -2.21. The predicted octanol–water partition coefficient (Wildman–Crippen LogP) is 0.225. The van der Waals surface area contributed by atoms with Gasteiger partial charge in [0.15, 0.2) is 5.78 Å². The number of carbonyl (C=O) groups excluding carboxylic acids is 3. The van der Waals surface area contributed by atoms with Crippen LogP contribution < -0.4 is 10.1 Å². The average molecular weight is 276 g/mol. The Balaban J connectivity index is 2.06. The summed E-state index contributed by atoms with van der Waals surface area (Å²) in [5.41, 5.74) is 0.524. The van der Waals surface area contributed by atoms with Crippen LogP contribution >= 0.6 is 0 Å². The lowest BCUT2D eigenvalue weighted by molar-refractivity contribution is -0.139. The van der Waals surface area contributed by atoms with E-state index >= 15 is 0 Å². The van der Waals surface area contributed by atoms with Crippen molar-refractivity contribution >= 4 is 17.6 Å². The largest absolute Gasteiger partial charge is 0.497 e. The number of benzene rings is 1. The van der Waals surface area contributed by atoms with Crippen molar-refractivity contribution in [3.8, 4) is 5.75 Å². The normalized spacial score (nSPS) is 19.6. The molecular weight excluding hydrogens is 260 g/mol. The molecule has 0 aliphatic carbocycles. The Kier molecular flexibility index (Phi) is 4.14. The number of ketones is 1. The van der Waals surface area contributed by atoms with Crippen LogP contribution in [0.1, 0.15) is 17.3 Å². The van der Waals surface area contributed by atoms with Gasteiger partial charge in [-0.05, 0) is 31.2 Å². The summed E-state index contributed by atoms with van der Waals surface area (Å²) >= 11 is 0. The summed E-state index contributed by atoms with van der Waals surface area (Å²) in [4.78, 5) is 36.6. The number of ether oxygens (including phenoxy) is 1. The molecule has 106 valence electrons. The van der Waals surface area contributed by atoms with Gasteiger partial charge in [0.2, 0.25) is 11.8 Å². The molecule has 1 N–H and O–H groups in total. The van der Waals surface area contributed by atoms with Gasteiger partial charge in [0.25, 0.3) is 0 Å². The van der Waals surface area contributed by atoms with Gasteiger partial charge in [0.05, 0.1) is 26.2 Å². The van der Waals surface area contributed by atoms with Crippen molar-refractivity contribution in [2.45, 2.75) is 13.0 Å². The highest BCUT2D eigenvalue weighted by molar-refractivity contribution is 6.03. The predicted molar refractivity (Wildman–Crippen MR) is 71.5 cm³/mol. The summed E-state index contributed by atoms with van der Waals surface area (Å²) in [6.07, 6.45) is 0. The molecule has 6 nitrogen and oxygen atoms in total. The van der Waals surface area contributed by atoms with Crippen molar-refractivity contribution in [2.24, 2.45) is 0 Å². The number of piperazine rings is 1. The van der Waals surface area contributed by atoms with E-state index in [0.717, 1.165) is 0 Å². The third-order valence-electron chi connectivity index (χ3n) is 3.30. The van der Waals surface area contributed by atoms with Crippen LogP contribution in [0.15, 0.2) is 24.3 Å². The first-order valence-corrected chi connectivity index (χ1v) is 6.26. The van der Waals surface area contributed by atoms with Crippen LogP contribution in [0.5, 0.6) is 5.75 Å². The van der Waals surface area contributed by atoms with E-state index in [1.165, 1.54) is 0 Å². The van der Waals surface area contributed by atoms with Gasteiger partial charge in [-0.15, -0.1) is 0 Å². The van der Waals surface area contributed by atoms with E-state index in [0.29, 0.717) is 11.3 Å². The topological polar surface area (TPSA) is 75.7 Å². The second kappa shape index (κ2) is 5.83. The van der Waals surface area contributed by atoms with E-state index in [4.69, 9.17) is 4.74 Å². The van der Waals surface area contributed by atoms with Gasteiger partial charge in [-0.3, -0.25) is 24.6 Å². The fourth-order valence-electron chi connectivity index (χ4n) is 2.01. The highest BCUT2D eigenvalue weighted by Gasteiger charge is 2.31. The SMILES string of the molecule is COc1ccc(C(=O)CN2CC(=O)NC(=O)C2C)cc1. The Bertz CT molecular complexity index is 539. The molecule has 1 unspecified atom stereocenters. The van der Waals surface area contributed by atoms with Crippen LogP contribution in [0.3, 0.4) is 0 Å². The van der Waals surface area contributed by atoms with Gasteiger partial charge >= 0.3 is 0 Å². The van der Waals surface area contributed by atoms with Crippen molar-refractivity contribution in [1.29, 1.82) is 0 Å². The van der Waals surface area contributed by atoms with Crippen LogP contribution in [0.4, 0.5) is 0 Å². The van der Waals surface area contributed by atoms with Crippen molar-refractivity contribution in [2.75, 3.05) is 20.2 Å². The third-order valence-corrected chi connectivity index (χ3v) is 3.30. The van der Waals surface area contributed by atoms with Crippen LogP contribution in [-0.2, 0) is 9.59 Å². The molecule has 0 spiro atoms. The molecule has 0 aromatic heterocycles. The molecule has 20 heavy (non-hydrogen) atoms. The molecule has 1 aliphatic rings. The minimum atomic E-state index is -0.491. The zero-order chi connectivity index (χ0) is 14.7. The standard InChI is InChI=1S/C14H16N2O4/c1-9-14(19)15-13(18)8-16(9)7-12(17)10-3-5-11(20-2)6-4-10/h3-6,9H,7-8H2,1-2H3,(H,15,18,19). The molecule has 1 atom stereocenters. The number of amides is 2. The van der Waals surface area contributed by atoms with Crippen molar-refractivity contribution < 1.29 is 19.1 Å². The molecule has 0 radical (unpaired) electrons. The molecule has 0 bridgehead atoms. The van der Waals surface area contributed by atoms with Gasteiger partial charge in [-0.1, -0.05) is 0 Å². The molecule has 1 saturated heterocycles. The third kappa shape index (κ3) is 3.03. The molecule has 2 rings (SSSR count). The van der Waals surface area contributed by atoms with E-state index in [2.05, 4.69) is 5.32 Å². The molecule has 6 heteroatoms. The number of hydrogen-bond acceptors (Lipinski definition) is 5. The van der Waals surface area contributed by atoms with Gasteiger partial charge < -0.3 is 4.74 Å². The first-order valence-electron chi connectivity index (χ1n) is 6.26. The smallest absolute Gasteiger partial charge is 0.243 e. The van der Waals surface area contributed by atoms with Crippen molar-refractivity contribution in [3.63, 3.8) is 0 Å². The average Bonchev–Trinajstić information content (AvgIpc) is 2.44. The quantitative estimate of drug-likeness (QED) is 0.629. The van der Waals surface area contributed by atoms with E-state index < -0.39 is 6.04 Å². The molecule has 2 amide bonds. The molecule has 1 heterocycles. The van der Waals surface area contributed by atoms with E-state index in [1.807, 2.05) is 0 Å². The maximum atomic E-state index is 12.1. The zero-order valence-corrected chi connectivity index (χ0v) is 11.4. The number of imide groups is 1.